The van der Waals surface area contributed by atoms with Gasteiger partial charge in [0.05, 0.1) is 5.82 Å². The summed E-state index contributed by atoms with van der Waals surface area (Å²) in [6, 6.07) is 0. The van der Waals surface area contributed by atoms with Crippen molar-refractivity contribution < 1.29 is 0 Å². The molecule has 1 rings (SSSR count). The van der Waals surface area contributed by atoms with Crippen LogP contribution >= 0.6 is 0 Å². The summed E-state index contributed by atoms with van der Waals surface area (Å²) < 4.78 is 0. The van der Waals surface area contributed by atoms with Crippen LogP contribution in [0.4, 0.5) is 0 Å². The average Bonchev–Trinajstić information content (AvgIpc) is 2.52. The van der Waals surface area contributed by atoms with Gasteiger partial charge in [-0.05, 0) is 30.4 Å². The Hall–Kier alpha value is -1.15. The SMILES string of the molecule is C/C=C(/N=[N+]=[N-])N1CCCC1. The number of allylic oxidation sites excluding steroid dienone is 1. The van der Waals surface area contributed by atoms with E-state index in [-0.39, 0.29) is 0 Å². The Kier molecular flexibility index (Phi) is 2.81. The minimum Gasteiger partial charge on any atom is -0.370 e. The van der Waals surface area contributed by atoms with E-state index in [4.69, 9.17) is 5.53 Å². The topological polar surface area (TPSA) is 52.0 Å². The van der Waals surface area contributed by atoms with Crippen LogP contribution in [0.25, 0.3) is 10.4 Å². The molecule has 11 heavy (non-hydrogen) atoms. The van der Waals surface area contributed by atoms with Crippen LogP contribution in [0.5, 0.6) is 0 Å². The summed E-state index contributed by atoms with van der Waals surface area (Å²) in [7, 11) is 0. The number of azide groups is 1. The molecule has 0 aromatic carbocycles. The zero-order chi connectivity index (χ0) is 8.10. The van der Waals surface area contributed by atoms with E-state index in [1.54, 1.807) is 0 Å². The number of hydrogen-bond donors (Lipinski definition) is 0. The molecule has 0 saturated carbocycles. The molecule has 0 amide bonds. The molecule has 0 aromatic rings. The number of nitrogens with zero attached hydrogens (tertiary/aromatic N) is 4. The quantitative estimate of drug-likeness (QED) is 0.340. The summed E-state index contributed by atoms with van der Waals surface area (Å²) in [5.41, 5.74) is 8.22. The summed E-state index contributed by atoms with van der Waals surface area (Å²) in [6.45, 7) is 3.94. The first-order chi connectivity index (χ1) is 5.38. The Balaban J connectivity index is 2.61. The van der Waals surface area contributed by atoms with Crippen molar-refractivity contribution in [2.45, 2.75) is 19.8 Å². The molecule has 1 saturated heterocycles. The molecule has 1 fully saturated rings. The van der Waals surface area contributed by atoms with Crippen molar-refractivity contribution in [1.29, 1.82) is 0 Å². The van der Waals surface area contributed by atoms with Gasteiger partial charge in [0.1, 0.15) is 0 Å². The lowest BCUT2D eigenvalue weighted by atomic mass is 10.4. The zero-order valence-corrected chi connectivity index (χ0v) is 6.69. The van der Waals surface area contributed by atoms with Gasteiger partial charge in [-0.1, -0.05) is 6.08 Å². The molecule has 60 valence electrons. The van der Waals surface area contributed by atoms with Crippen LogP contribution in [0.3, 0.4) is 0 Å². The third-order valence-electron chi connectivity index (χ3n) is 1.84. The Bertz CT molecular complexity index is 196. The maximum Gasteiger partial charge on any atom is 0.0962 e. The largest absolute Gasteiger partial charge is 0.370 e. The fourth-order valence-electron chi connectivity index (χ4n) is 1.30. The molecule has 0 radical (unpaired) electrons. The Morgan fingerprint density at radius 3 is 2.64 bits per heavy atom. The zero-order valence-electron chi connectivity index (χ0n) is 6.69. The minimum atomic E-state index is 0.769. The van der Waals surface area contributed by atoms with Gasteiger partial charge in [-0.2, -0.15) is 0 Å². The van der Waals surface area contributed by atoms with Crippen molar-refractivity contribution >= 4 is 0 Å². The molecule has 0 bridgehead atoms. The third kappa shape index (κ3) is 1.88. The van der Waals surface area contributed by atoms with Crippen molar-refractivity contribution in [1.82, 2.24) is 4.90 Å². The highest BCUT2D eigenvalue weighted by Crippen LogP contribution is 2.15. The van der Waals surface area contributed by atoms with Crippen molar-refractivity contribution in [3.8, 4) is 0 Å². The first kappa shape index (κ1) is 7.95. The van der Waals surface area contributed by atoms with E-state index in [0.29, 0.717) is 0 Å². The second-order valence-corrected chi connectivity index (χ2v) is 2.53. The molecule has 0 unspecified atom stereocenters. The van der Waals surface area contributed by atoms with Crippen LogP contribution in [0.2, 0.25) is 0 Å². The number of hydrogen-bond acceptors (Lipinski definition) is 2. The predicted molar refractivity (Wildman–Crippen MR) is 43.7 cm³/mol. The number of likely N-dealkylation sites (tertiary alicyclic amines) is 1. The summed E-state index contributed by atoms with van der Waals surface area (Å²) in [5.74, 6) is 0.769. The number of rotatable bonds is 2. The van der Waals surface area contributed by atoms with Crippen molar-refractivity contribution in [3.05, 3.63) is 22.3 Å². The molecule has 1 aliphatic heterocycles. The van der Waals surface area contributed by atoms with E-state index in [0.717, 1.165) is 18.9 Å². The van der Waals surface area contributed by atoms with Crippen molar-refractivity contribution in [2.75, 3.05) is 13.1 Å². The lowest BCUT2D eigenvalue weighted by Crippen LogP contribution is -2.16. The van der Waals surface area contributed by atoms with Crippen LogP contribution in [-0.4, -0.2) is 18.0 Å². The second-order valence-electron chi connectivity index (χ2n) is 2.53. The Labute approximate surface area is 66.1 Å². The van der Waals surface area contributed by atoms with Gasteiger partial charge in [0, 0.05) is 18.0 Å². The van der Waals surface area contributed by atoms with Gasteiger partial charge in [-0.15, -0.1) is 0 Å². The lowest BCUT2D eigenvalue weighted by molar-refractivity contribution is 0.420. The van der Waals surface area contributed by atoms with E-state index in [1.807, 2.05) is 13.0 Å². The molecule has 0 spiro atoms. The summed E-state index contributed by atoms with van der Waals surface area (Å²) >= 11 is 0. The lowest BCUT2D eigenvalue weighted by Gasteiger charge is -2.16. The molecule has 1 heterocycles. The van der Waals surface area contributed by atoms with E-state index >= 15 is 0 Å². The van der Waals surface area contributed by atoms with Gasteiger partial charge < -0.3 is 4.90 Å². The molecule has 0 N–H and O–H groups in total. The van der Waals surface area contributed by atoms with Crippen LogP contribution in [0.1, 0.15) is 19.8 Å². The first-order valence-electron chi connectivity index (χ1n) is 3.85. The highest BCUT2D eigenvalue weighted by atomic mass is 15.3. The molecular formula is C7H12N4. The maximum atomic E-state index is 8.22. The van der Waals surface area contributed by atoms with Gasteiger partial charge in [0.25, 0.3) is 0 Å². The van der Waals surface area contributed by atoms with E-state index in [1.165, 1.54) is 12.8 Å². The normalized spacial score (nSPS) is 18.3. The standard InChI is InChI=1S/C7H12N4/c1-2-7(9-10-8)11-5-3-4-6-11/h2H,3-6H2,1H3/b7-2-. The maximum absolute atomic E-state index is 8.22. The fraction of sp³-hybridized carbons (Fsp3) is 0.714. The van der Waals surface area contributed by atoms with Crippen molar-refractivity contribution in [2.24, 2.45) is 5.11 Å². The van der Waals surface area contributed by atoms with Crippen molar-refractivity contribution in [3.63, 3.8) is 0 Å². The van der Waals surface area contributed by atoms with E-state index in [2.05, 4.69) is 14.9 Å². The summed E-state index contributed by atoms with van der Waals surface area (Å²) in [5, 5.41) is 3.59. The Morgan fingerprint density at radius 2 is 2.18 bits per heavy atom. The molecule has 4 heteroatoms. The van der Waals surface area contributed by atoms with Crippen LogP contribution in [0, 0.1) is 0 Å². The van der Waals surface area contributed by atoms with Crippen LogP contribution in [0.15, 0.2) is 17.0 Å². The molecule has 4 nitrogen and oxygen atoms in total. The highest BCUT2D eigenvalue weighted by Gasteiger charge is 2.12. The summed E-state index contributed by atoms with van der Waals surface area (Å²) in [6.07, 6.45) is 4.27. The molecule has 0 aliphatic carbocycles. The smallest absolute Gasteiger partial charge is 0.0962 e. The Morgan fingerprint density at radius 1 is 1.55 bits per heavy atom. The van der Waals surface area contributed by atoms with Gasteiger partial charge in [-0.25, -0.2) is 0 Å². The van der Waals surface area contributed by atoms with Gasteiger partial charge >= 0.3 is 0 Å². The van der Waals surface area contributed by atoms with Gasteiger partial charge in [-0.3, -0.25) is 0 Å². The summed E-state index contributed by atoms with van der Waals surface area (Å²) in [4.78, 5) is 4.88. The molecule has 1 aliphatic rings. The van der Waals surface area contributed by atoms with Gasteiger partial charge in [0.15, 0.2) is 0 Å². The van der Waals surface area contributed by atoms with Crippen LogP contribution < -0.4 is 0 Å². The minimum absolute atomic E-state index is 0.769. The molecule has 0 atom stereocenters. The predicted octanol–water partition coefficient (Wildman–Crippen LogP) is 2.25. The van der Waals surface area contributed by atoms with Gasteiger partial charge in [0.2, 0.25) is 0 Å². The van der Waals surface area contributed by atoms with E-state index < -0.39 is 0 Å². The molecular weight excluding hydrogens is 140 g/mol. The molecule has 0 aromatic heterocycles. The van der Waals surface area contributed by atoms with Crippen LogP contribution in [-0.2, 0) is 0 Å². The first-order valence-corrected chi connectivity index (χ1v) is 3.85. The highest BCUT2D eigenvalue weighted by molar-refractivity contribution is 4.99. The second kappa shape index (κ2) is 3.88. The average molecular weight is 152 g/mol. The van der Waals surface area contributed by atoms with E-state index in [9.17, 15) is 0 Å². The monoisotopic (exact) mass is 152 g/mol. The fourth-order valence-corrected chi connectivity index (χ4v) is 1.30. The third-order valence-corrected chi connectivity index (χ3v) is 1.84.